The number of fused-ring (bicyclic) bond motifs is 1. The zero-order valence-electron chi connectivity index (χ0n) is 19.1. The molecule has 0 aliphatic rings. The zero-order valence-corrected chi connectivity index (χ0v) is 20.7. The summed E-state index contributed by atoms with van der Waals surface area (Å²) in [7, 11) is 0. The first-order valence-electron chi connectivity index (χ1n) is 10.9. The van der Waals surface area contributed by atoms with Crippen molar-refractivity contribution in [2.75, 3.05) is 0 Å². The van der Waals surface area contributed by atoms with Crippen LogP contribution in [0.15, 0.2) is 89.0 Å². The minimum Gasteiger partial charge on any atom is -0.391 e. The molecule has 0 fully saturated rings. The summed E-state index contributed by atoms with van der Waals surface area (Å²) < 4.78 is 0. The van der Waals surface area contributed by atoms with Gasteiger partial charge in [0.2, 0.25) is 0 Å². The van der Waals surface area contributed by atoms with Crippen LogP contribution in [-0.2, 0) is 22.6 Å². The zero-order chi connectivity index (χ0) is 23.3. The molecule has 1 heterocycles. The summed E-state index contributed by atoms with van der Waals surface area (Å²) in [5.74, 6) is 0.796. The molecule has 0 radical (unpaired) electrons. The van der Waals surface area contributed by atoms with Gasteiger partial charge in [-0.2, -0.15) is 0 Å². The number of oxime groups is 1. The SMILES string of the molecule is CC(C)(C)c1ccc(CO/N=C\c2cc3ccccc3nc2SCc2ccc(Cl)cc2)cc1. The predicted octanol–water partition coefficient (Wildman–Crippen LogP) is 8.03. The van der Waals surface area contributed by atoms with E-state index in [1.807, 2.05) is 42.5 Å². The maximum Gasteiger partial charge on any atom is 0.142 e. The number of hydrogen-bond donors (Lipinski definition) is 0. The highest BCUT2D eigenvalue weighted by Gasteiger charge is 2.13. The second-order valence-electron chi connectivity index (χ2n) is 8.95. The number of halogens is 1. The lowest BCUT2D eigenvalue weighted by molar-refractivity contribution is 0.132. The Bertz CT molecular complexity index is 1250. The smallest absolute Gasteiger partial charge is 0.142 e. The Hall–Kier alpha value is -2.82. The molecule has 0 atom stereocenters. The fraction of sp³-hybridized carbons (Fsp3) is 0.214. The van der Waals surface area contributed by atoms with Gasteiger partial charge in [0.05, 0.1) is 11.7 Å². The van der Waals surface area contributed by atoms with Crippen molar-refractivity contribution in [3.63, 3.8) is 0 Å². The molecule has 3 aromatic carbocycles. The van der Waals surface area contributed by atoms with Crippen molar-refractivity contribution in [1.82, 2.24) is 4.98 Å². The van der Waals surface area contributed by atoms with E-state index in [4.69, 9.17) is 21.4 Å². The maximum absolute atomic E-state index is 6.01. The fourth-order valence-corrected chi connectivity index (χ4v) is 4.42. The van der Waals surface area contributed by atoms with E-state index in [1.54, 1.807) is 18.0 Å². The average molecular weight is 475 g/mol. The fourth-order valence-electron chi connectivity index (χ4n) is 3.36. The molecule has 0 bridgehead atoms. The molecule has 0 N–H and O–H groups in total. The highest BCUT2D eigenvalue weighted by molar-refractivity contribution is 7.98. The lowest BCUT2D eigenvalue weighted by Crippen LogP contribution is -2.10. The lowest BCUT2D eigenvalue weighted by Gasteiger charge is -2.18. The van der Waals surface area contributed by atoms with E-state index in [-0.39, 0.29) is 5.41 Å². The van der Waals surface area contributed by atoms with Gasteiger partial charge in [0.1, 0.15) is 11.6 Å². The molecule has 0 saturated carbocycles. The van der Waals surface area contributed by atoms with Crippen LogP contribution in [-0.4, -0.2) is 11.2 Å². The molecule has 4 aromatic rings. The van der Waals surface area contributed by atoms with Crippen LogP contribution in [0, 0.1) is 0 Å². The first kappa shape index (κ1) is 23.3. The highest BCUT2D eigenvalue weighted by atomic mass is 35.5. The molecule has 0 aliphatic heterocycles. The van der Waals surface area contributed by atoms with E-state index in [2.05, 4.69) is 62.3 Å². The van der Waals surface area contributed by atoms with Gasteiger partial charge in [0, 0.05) is 21.7 Å². The third-order valence-corrected chi connectivity index (χ3v) is 6.65. The van der Waals surface area contributed by atoms with Crippen LogP contribution in [0.4, 0.5) is 0 Å². The first-order chi connectivity index (χ1) is 15.9. The standard InChI is InChI=1S/C28H27ClN2OS/c1-28(2,3)24-12-8-20(9-13-24)18-32-30-17-23-16-22-6-4-5-7-26(22)31-27(23)33-19-21-10-14-25(29)15-11-21/h4-17H,18-19H2,1-3H3/b30-17-. The number of aromatic nitrogens is 1. The summed E-state index contributed by atoms with van der Waals surface area (Å²) in [5, 5.41) is 6.99. The largest absolute Gasteiger partial charge is 0.391 e. The van der Waals surface area contributed by atoms with E-state index in [0.29, 0.717) is 6.61 Å². The number of nitrogens with zero attached hydrogens (tertiary/aromatic N) is 2. The molecule has 4 rings (SSSR count). The van der Waals surface area contributed by atoms with E-state index < -0.39 is 0 Å². The van der Waals surface area contributed by atoms with Gasteiger partial charge in [-0.1, -0.05) is 92.1 Å². The van der Waals surface area contributed by atoms with Gasteiger partial charge < -0.3 is 4.84 Å². The Kier molecular flexibility index (Phi) is 7.36. The third-order valence-electron chi connectivity index (χ3n) is 5.32. The molecule has 0 amide bonds. The van der Waals surface area contributed by atoms with Crippen LogP contribution in [0.1, 0.15) is 43.0 Å². The normalized spacial score (nSPS) is 11.9. The van der Waals surface area contributed by atoms with Gasteiger partial charge in [0.25, 0.3) is 0 Å². The number of benzene rings is 3. The molecule has 3 nitrogen and oxygen atoms in total. The monoisotopic (exact) mass is 474 g/mol. The summed E-state index contributed by atoms with van der Waals surface area (Å²) in [6.07, 6.45) is 1.76. The van der Waals surface area contributed by atoms with Gasteiger partial charge >= 0.3 is 0 Å². The second-order valence-corrected chi connectivity index (χ2v) is 10.3. The van der Waals surface area contributed by atoms with Crippen LogP contribution in [0.2, 0.25) is 5.02 Å². The molecule has 0 unspecified atom stereocenters. The van der Waals surface area contributed by atoms with E-state index in [1.165, 1.54) is 11.1 Å². The molecule has 1 aromatic heterocycles. The van der Waals surface area contributed by atoms with Crippen molar-refractivity contribution in [2.45, 2.75) is 43.6 Å². The van der Waals surface area contributed by atoms with Gasteiger partial charge in [-0.3, -0.25) is 0 Å². The molecule has 168 valence electrons. The van der Waals surface area contributed by atoms with Gasteiger partial charge in [-0.05, 0) is 46.4 Å². The molecular formula is C28H27ClN2OS. The maximum atomic E-state index is 6.01. The van der Waals surface area contributed by atoms with Crippen molar-refractivity contribution in [3.8, 4) is 0 Å². The summed E-state index contributed by atoms with van der Waals surface area (Å²) >= 11 is 7.69. The summed E-state index contributed by atoms with van der Waals surface area (Å²) in [4.78, 5) is 10.5. The van der Waals surface area contributed by atoms with Crippen LogP contribution in [0.5, 0.6) is 0 Å². The van der Waals surface area contributed by atoms with Crippen molar-refractivity contribution >= 4 is 40.5 Å². The quantitative estimate of drug-likeness (QED) is 0.154. The Morgan fingerprint density at radius 3 is 2.36 bits per heavy atom. The van der Waals surface area contributed by atoms with Crippen LogP contribution in [0.25, 0.3) is 10.9 Å². The minimum absolute atomic E-state index is 0.140. The van der Waals surface area contributed by atoms with Gasteiger partial charge in [-0.25, -0.2) is 4.98 Å². The Balaban J connectivity index is 1.47. The number of rotatable bonds is 7. The van der Waals surface area contributed by atoms with E-state index in [0.717, 1.165) is 37.8 Å². The number of pyridine rings is 1. The van der Waals surface area contributed by atoms with E-state index >= 15 is 0 Å². The van der Waals surface area contributed by atoms with Gasteiger partial charge in [0.15, 0.2) is 0 Å². The topological polar surface area (TPSA) is 34.5 Å². The average Bonchev–Trinajstić information content (AvgIpc) is 2.81. The van der Waals surface area contributed by atoms with Crippen LogP contribution >= 0.6 is 23.4 Å². The predicted molar refractivity (Wildman–Crippen MR) is 140 cm³/mol. The van der Waals surface area contributed by atoms with Crippen LogP contribution < -0.4 is 0 Å². The number of hydrogen-bond acceptors (Lipinski definition) is 4. The Morgan fingerprint density at radius 2 is 1.64 bits per heavy atom. The third kappa shape index (κ3) is 6.37. The molecule has 0 spiro atoms. The number of thioether (sulfide) groups is 1. The summed E-state index contributed by atoms with van der Waals surface area (Å²) in [6, 6.07) is 26.6. The van der Waals surface area contributed by atoms with Crippen LogP contribution in [0.3, 0.4) is 0 Å². The molecular weight excluding hydrogens is 448 g/mol. The Morgan fingerprint density at radius 1 is 0.939 bits per heavy atom. The molecule has 0 saturated heterocycles. The van der Waals surface area contributed by atoms with Gasteiger partial charge in [-0.15, -0.1) is 11.8 Å². The van der Waals surface area contributed by atoms with Crippen molar-refractivity contribution in [3.05, 3.63) is 106 Å². The molecule has 0 aliphatic carbocycles. The van der Waals surface area contributed by atoms with Crippen molar-refractivity contribution < 1.29 is 4.84 Å². The second kappa shape index (κ2) is 10.4. The number of para-hydroxylation sites is 1. The highest BCUT2D eigenvalue weighted by Crippen LogP contribution is 2.27. The van der Waals surface area contributed by atoms with Crippen molar-refractivity contribution in [2.24, 2.45) is 5.16 Å². The summed E-state index contributed by atoms with van der Waals surface area (Å²) in [6.45, 7) is 7.06. The first-order valence-corrected chi connectivity index (χ1v) is 12.3. The van der Waals surface area contributed by atoms with Crippen molar-refractivity contribution in [1.29, 1.82) is 0 Å². The lowest BCUT2D eigenvalue weighted by atomic mass is 9.87. The minimum atomic E-state index is 0.140. The summed E-state index contributed by atoms with van der Waals surface area (Å²) in [5.41, 5.74) is 5.63. The molecule has 5 heteroatoms. The Labute approximate surface area is 204 Å². The van der Waals surface area contributed by atoms with E-state index in [9.17, 15) is 0 Å². The molecule has 33 heavy (non-hydrogen) atoms.